The van der Waals surface area contributed by atoms with E-state index in [1.165, 1.54) is 14.0 Å². The summed E-state index contributed by atoms with van der Waals surface area (Å²) < 4.78 is 2.04. The minimum atomic E-state index is -0.829. The SMILES string of the molecule is Cc1c([N+](=O)[O-])c(=O)n(CC(C)C)c(=O)n1C. The van der Waals surface area contributed by atoms with Gasteiger partial charge in [0, 0.05) is 13.6 Å². The van der Waals surface area contributed by atoms with Crippen LogP contribution in [0.3, 0.4) is 0 Å². The minimum Gasteiger partial charge on any atom is -0.294 e. The van der Waals surface area contributed by atoms with Gasteiger partial charge in [-0.15, -0.1) is 0 Å². The molecule has 0 atom stereocenters. The van der Waals surface area contributed by atoms with Crippen LogP contribution in [-0.4, -0.2) is 14.1 Å². The van der Waals surface area contributed by atoms with Gasteiger partial charge in [-0.25, -0.2) is 4.79 Å². The van der Waals surface area contributed by atoms with Crippen molar-refractivity contribution in [2.75, 3.05) is 0 Å². The molecule has 0 aromatic carbocycles. The molecule has 0 spiro atoms. The van der Waals surface area contributed by atoms with Gasteiger partial charge < -0.3 is 0 Å². The summed E-state index contributed by atoms with van der Waals surface area (Å²) in [6.07, 6.45) is 0. The molecule has 0 unspecified atom stereocenters. The minimum absolute atomic E-state index is 0.0581. The van der Waals surface area contributed by atoms with Crippen LogP contribution in [0.25, 0.3) is 0 Å². The first-order valence-electron chi connectivity index (χ1n) is 5.22. The maximum Gasteiger partial charge on any atom is 0.353 e. The van der Waals surface area contributed by atoms with Crippen molar-refractivity contribution >= 4 is 5.69 Å². The van der Waals surface area contributed by atoms with Crippen LogP contribution >= 0.6 is 0 Å². The zero-order chi connectivity index (χ0) is 13.3. The second-order valence-corrected chi connectivity index (χ2v) is 4.34. The van der Waals surface area contributed by atoms with Gasteiger partial charge in [0.25, 0.3) is 0 Å². The zero-order valence-corrected chi connectivity index (χ0v) is 10.3. The predicted octanol–water partition coefficient (Wildman–Crippen LogP) is 0.420. The third-order valence-corrected chi connectivity index (χ3v) is 2.54. The summed E-state index contributed by atoms with van der Waals surface area (Å²) in [5.74, 6) is 0.0581. The van der Waals surface area contributed by atoms with Crippen LogP contribution in [0.5, 0.6) is 0 Å². The number of rotatable bonds is 3. The van der Waals surface area contributed by atoms with Crippen LogP contribution in [0.1, 0.15) is 19.5 Å². The van der Waals surface area contributed by atoms with Crippen LogP contribution in [0.15, 0.2) is 9.59 Å². The fourth-order valence-corrected chi connectivity index (χ4v) is 1.59. The van der Waals surface area contributed by atoms with Gasteiger partial charge in [0.2, 0.25) is 0 Å². The Morgan fingerprint density at radius 3 is 2.29 bits per heavy atom. The number of nitro groups is 1. The predicted molar refractivity (Wildman–Crippen MR) is 62.2 cm³/mol. The molecule has 0 saturated carbocycles. The van der Waals surface area contributed by atoms with Crippen LogP contribution in [0.4, 0.5) is 5.69 Å². The third kappa shape index (κ3) is 2.27. The number of aromatic nitrogens is 2. The monoisotopic (exact) mass is 241 g/mol. The molecule has 0 N–H and O–H groups in total. The topological polar surface area (TPSA) is 87.1 Å². The first kappa shape index (κ1) is 13.1. The summed E-state index contributed by atoms with van der Waals surface area (Å²) in [6, 6.07) is 0. The van der Waals surface area contributed by atoms with Crippen LogP contribution in [0.2, 0.25) is 0 Å². The van der Waals surface area contributed by atoms with E-state index in [1.807, 2.05) is 13.8 Å². The standard InChI is InChI=1S/C10H15N3O4/c1-6(2)5-12-9(14)8(13(16)17)7(3)11(4)10(12)15/h6H,5H2,1-4H3. The van der Waals surface area contributed by atoms with Gasteiger partial charge in [0.15, 0.2) is 0 Å². The number of hydrogen-bond donors (Lipinski definition) is 0. The average Bonchev–Trinajstić information content (AvgIpc) is 2.21. The Bertz CT molecular complexity index is 568. The van der Waals surface area contributed by atoms with Gasteiger partial charge in [0.1, 0.15) is 5.69 Å². The molecular weight excluding hydrogens is 226 g/mol. The van der Waals surface area contributed by atoms with Crippen molar-refractivity contribution in [2.45, 2.75) is 27.3 Å². The molecule has 7 nitrogen and oxygen atoms in total. The van der Waals surface area contributed by atoms with Gasteiger partial charge in [-0.2, -0.15) is 0 Å². The molecule has 0 aliphatic heterocycles. The molecule has 1 rings (SSSR count). The maximum absolute atomic E-state index is 11.8. The molecule has 0 fully saturated rings. The first-order valence-corrected chi connectivity index (χ1v) is 5.22. The van der Waals surface area contributed by atoms with E-state index in [0.717, 1.165) is 9.13 Å². The summed E-state index contributed by atoms with van der Waals surface area (Å²) in [5.41, 5.74) is -1.81. The van der Waals surface area contributed by atoms with Crippen LogP contribution < -0.4 is 11.2 Å². The Morgan fingerprint density at radius 2 is 1.88 bits per heavy atom. The van der Waals surface area contributed by atoms with Gasteiger partial charge in [-0.05, 0) is 12.8 Å². The highest BCUT2D eigenvalue weighted by Gasteiger charge is 2.23. The molecule has 0 radical (unpaired) electrons. The highest BCUT2D eigenvalue weighted by molar-refractivity contribution is 5.31. The highest BCUT2D eigenvalue weighted by Crippen LogP contribution is 2.08. The molecular formula is C10H15N3O4. The van der Waals surface area contributed by atoms with E-state index in [0.29, 0.717) is 0 Å². The summed E-state index contributed by atoms with van der Waals surface area (Å²) >= 11 is 0. The summed E-state index contributed by atoms with van der Waals surface area (Å²) in [6.45, 7) is 5.22. The molecule has 7 heteroatoms. The van der Waals surface area contributed by atoms with Crippen molar-refractivity contribution in [3.63, 3.8) is 0 Å². The van der Waals surface area contributed by atoms with E-state index in [-0.39, 0.29) is 18.2 Å². The van der Waals surface area contributed by atoms with Crippen molar-refractivity contribution in [2.24, 2.45) is 13.0 Å². The fourth-order valence-electron chi connectivity index (χ4n) is 1.59. The number of hydrogen-bond acceptors (Lipinski definition) is 4. The van der Waals surface area contributed by atoms with Gasteiger partial charge in [-0.3, -0.25) is 24.0 Å². The molecule has 0 bridgehead atoms. The smallest absolute Gasteiger partial charge is 0.294 e. The Morgan fingerprint density at radius 1 is 1.35 bits per heavy atom. The zero-order valence-electron chi connectivity index (χ0n) is 10.3. The van der Waals surface area contributed by atoms with Gasteiger partial charge in [0.05, 0.1) is 4.92 Å². The van der Waals surface area contributed by atoms with Crippen molar-refractivity contribution in [1.29, 1.82) is 0 Å². The third-order valence-electron chi connectivity index (χ3n) is 2.54. The first-order chi connectivity index (χ1) is 7.77. The second kappa shape index (κ2) is 4.52. The van der Waals surface area contributed by atoms with Gasteiger partial charge >= 0.3 is 16.9 Å². The molecule has 1 aromatic rings. The molecule has 1 heterocycles. The van der Waals surface area contributed by atoms with Crippen molar-refractivity contribution < 1.29 is 4.92 Å². The van der Waals surface area contributed by atoms with Gasteiger partial charge in [-0.1, -0.05) is 13.8 Å². The molecule has 17 heavy (non-hydrogen) atoms. The Labute approximate surface area is 97.5 Å². The Kier molecular flexibility index (Phi) is 3.50. The quantitative estimate of drug-likeness (QED) is 0.566. The summed E-state index contributed by atoms with van der Waals surface area (Å²) in [4.78, 5) is 33.8. The lowest BCUT2D eigenvalue weighted by atomic mass is 10.2. The molecule has 0 aliphatic rings. The number of nitrogens with zero attached hydrogens (tertiary/aromatic N) is 3. The molecule has 0 amide bonds. The molecule has 0 aliphatic carbocycles. The van der Waals surface area contributed by atoms with Crippen molar-refractivity contribution in [3.8, 4) is 0 Å². The largest absolute Gasteiger partial charge is 0.353 e. The fraction of sp³-hybridized carbons (Fsp3) is 0.600. The molecule has 0 saturated heterocycles. The Hall–Kier alpha value is -1.92. The van der Waals surface area contributed by atoms with Crippen molar-refractivity contribution in [1.82, 2.24) is 9.13 Å². The van der Waals surface area contributed by atoms with Crippen LogP contribution in [-0.2, 0) is 13.6 Å². The van der Waals surface area contributed by atoms with E-state index >= 15 is 0 Å². The van der Waals surface area contributed by atoms with E-state index in [1.54, 1.807) is 0 Å². The summed E-state index contributed by atoms with van der Waals surface area (Å²) in [7, 11) is 1.42. The maximum atomic E-state index is 11.8. The van der Waals surface area contributed by atoms with Crippen LogP contribution in [0, 0.1) is 23.0 Å². The van der Waals surface area contributed by atoms with E-state index in [9.17, 15) is 19.7 Å². The lowest BCUT2D eigenvalue weighted by Gasteiger charge is -2.11. The lowest BCUT2D eigenvalue weighted by Crippen LogP contribution is -2.42. The normalized spacial score (nSPS) is 10.9. The van der Waals surface area contributed by atoms with E-state index in [2.05, 4.69) is 0 Å². The van der Waals surface area contributed by atoms with E-state index in [4.69, 9.17) is 0 Å². The lowest BCUT2D eigenvalue weighted by molar-refractivity contribution is -0.387. The summed E-state index contributed by atoms with van der Waals surface area (Å²) in [5, 5.41) is 10.8. The van der Waals surface area contributed by atoms with Crippen molar-refractivity contribution in [3.05, 3.63) is 36.6 Å². The molecule has 1 aromatic heterocycles. The Balaban J connectivity index is 3.69. The average molecular weight is 241 g/mol. The van der Waals surface area contributed by atoms with E-state index < -0.39 is 21.9 Å². The second-order valence-electron chi connectivity index (χ2n) is 4.34. The molecule has 94 valence electrons. The highest BCUT2D eigenvalue weighted by atomic mass is 16.6.